The molecular weight excluding hydrogens is 278 g/mol. The first-order valence-corrected chi connectivity index (χ1v) is 7.39. The molecule has 1 saturated carbocycles. The highest BCUT2D eigenvalue weighted by Crippen LogP contribution is 2.37. The molecule has 1 fully saturated rings. The standard InChI is InChI=1S/C14H18ClN3O2/c1-3-20-10-6-9(7-10)18-12(8-15)16-11-4-5-13(19-2)17-14(11)18/h4-5,9-10H,3,6-8H2,1-2H3. The van der Waals surface area contributed by atoms with E-state index in [1.165, 1.54) is 0 Å². The quantitative estimate of drug-likeness (QED) is 0.796. The SMILES string of the molecule is CCOC1CC(n2c(CCl)nc3ccc(OC)nc32)C1. The third-order valence-corrected chi connectivity index (χ3v) is 3.99. The molecule has 2 aromatic heterocycles. The molecular formula is C14H18ClN3O2. The minimum Gasteiger partial charge on any atom is -0.481 e. The van der Waals surface area contributed by atoms with E-state index in [1.807, 2.05) is 19.1 Å². The van der Waals surface area contributed by atoms with Crippen molar-refractivity contribution < 1.29 is 9.47 Å². The van der Waals surface area contributed by atoms with Crippen molar-refractivity contribution in [3.8, 4) is 5.88 Å². The summed E-state index contributed by atoms with van der Waals surface area (Å²) in [6.07, 6.45) is 2.32. The van der Waals surface area contributed by atoms with Gasteiger partial charge in [0.15, 0.2) is 5.65 Å². The number of hydrogen-bond acceptors (Lipinski definition) is 4. The van der Waals surface area contributed by atoms with Crippen LogP contribution in [0.15, 0.2) is 12.1 Å². The van der Waals surface area contributed by atoms with E-state index in [-0.39, 0.29) is 0 Å². The number of rotatable bonds is 5. The number of ether oxygens (including phenoxy) is 2. The Labute approximate surface area is 122 Å². The molecule has 0 aromatic carbocycles. The van der Waals surface area contributed by atoms with E-state index in [0.717, 1.165) is 36.4 Å². The van der Waals surface area contributed by atoms with E-state index < -0.39 is 0 Å². The summed E-state index contributed by atoms with van der Waals surface area (Å²) in [6.45, 7) is 2.78. The fourth-order valence-corrected chi connectivity index (χ4v) is 2.90. The first-order chi connectivity index (χ1) is 9.76. The molecule has 0 bridgehead atoms. The summed E-state index contributed by atoms with van der Waals surface area (Å²) >= 11 is 6.03. The van der Waals surface area contributed by atoms with Gasteiger partial charge in [0, 0.05) is 18.7 Å². The molecule has 108 valence electrons. The molecule has 20 heavy (non-hydrogen) atoms. The topological polar surface area (TPSA) is 49.2 Å². The fraction of sp³-hybridized carbons (Fsp3) is 0.571. The first-order valence-electron chi connectivity index (χ1n) is 6.86. The molecule has 6 heteroatoms. The van der Waals surface area contributed by atoms with E-state index in [4.69, 9.17) is 21.1 Å². The van der Waals surface area contributed by atoms with Gasteiger partial charge in [0.05, 0.1) is 19.1 Å². The van der Waals surface area contributed by atoms with Crippen molar-refractivity contribution in [1.29, 1.82) is 0 Å². The number of hydrogen-bond donors (Lipinski definition) is 0. The average Bonchev–Trinajstić information content (AvgIpc) is 2.79. The van der Waals surface area contributed by atoms with Crippen LogP contribution in [0.4, 0.5) is 0 Å². The molecule has 2 heterocycles. The molecule has 2 aromatic rings. The van der Waals surface area contributed by atoms with Gasteiger partial charge < -0.3 is 14.0 Å². The summed E-state index contributed by atoms with van der Waals surface area (Å²) in [5, 5.41) is 0. The predicted octanol–water partition coefficient (Wildman–Crippen LogP) is 2.92. The molecule has 1 aliphatic carbocycles. The largest absolute Gasteiger partial charge is 0.481 e. The van der Waals surface area contributed by atoms with Crippen LogP contribution in [0, 0.1) is 0 Å². The molecule has 0 N–H and O–H groups in total. The Hall–Kier alpha value is -1.33. The van der Waals surface area contributed by atoms with E-state index in [0.29, 0.717) is 23.9 Å². The van der Waals surface area contributed by atoms with E-state index in [2.05, 4.69) is 14.5 Å². The number of pyridine rings is 1. The Balaban J connectivity index is 1.95. The highest BCUT2D eigenvalue weighted by molar-refractivity contribution is 6.16. The average molecular weight is 296 g/mol. The second-order valence-corrected chi connectivity index (χ2v) is 5.20. The summed E-state index contributed by atoms with van der Waals surface area (Å²) in [7, 11) is 1.62. The van der Waals surface area contributed by atoms with Crippen LogP contribution < -0.4 is 4.74 Å². The molecule has 1 aliphatic rings. The molecule has 0 saturated heterocycles. The van der Waals surface area contributed by atoms with Crippen molar-refractivity contribution in [2.45, 2.75) is 37.8 Å². The maximum atomic E-state index is 6.03. The summed E-state index contributed by atoms with van der Waals surface area (Å²) in [5.74, 6) is 1.84. The van der Waals surface area contributed by atoms with E-state index >= 15 is 0 Å². The lowest BCUT2D eigenvalue weighted by Gasteiger charge is -2.36. The van der Waals surface area contributed by atoms with Crippen LogP contribution in [-0.4, -0.2) is 34.4 Å². The summed E-state index contributed by atoms with van der Waals surface area (Å²) in [4.78, 5) is 9.07. The zero-order chi connectivity index (χ0) is 14.1. The molecule has 3 rings (SSSR count). The third-order valence-electron chi connectivity index (χ3n) is 3.75. The van der Waals surface area contributed by atoms with Crippen LogP contribution in [0.25, 0.3) is 11.2 Å². The van der Waals surface area contributed by atoms with Gasteiger partial charge in [0.25, 0.3) is 0 Å². The lowest BCUT2D eigenvalue weighted by molar-refractivity contribution is -0.0193. The Morgan fingerprint density at radius 2 is 2.15 bits per heavy atom. The van der Waals surface area contributed by atoms with Gasteiger partial charge in [-0.25, -0.2) is 4.98 Å². The van der Waals surface area contributed by atoms with Gasteiger partial charge in [-0.1, -0.05) is 0 Å². The number of alkyl halides is 1. The van der Waals surface area contributed by atoms with E-state index in [1.54, 1.807) is 7.11 Å². The van der Waals surface area contributed by atoms with Crippen LogP contribution in [0.5, 0.6) is 5.88 Å². The maximum absolute atomic E-state index is 6.03. The number of imidazole rings is 1. The first kappa shape index (κ1) is 13.6. The molecule has 0 spiro atoms. The van der Waals surface area contributed by atoms with Crippen LogP contribution in [0.2, 0.25) is 0 Å². The van der Waals surface area contributed by atoms with Crippen LogP contribution in [-0.2, 0) is 10.6 Å². The fourth-order valence-electron chi connectivity index (χ4n) is 2.72. The van der Waals surface area contributed by atoms with Crippen LogP contribution >= 0.6 is 11.6 Å². The second kappa shape index (κ2) is 5.58. The minimum atomic E-state index is 0.344. The summed E-state index contributed by atoms with van der Waals surface area (Å²) < 4.78 is 13.0. The van der Waals surface area contributed by atoms with Gasteiger partial charge in [0.1, 0.15) is 11.3 Å². The zero-order valence-corrected chi connectivity index (χ0v) is 12.4. The molecule has 0 aliphatic heterocycles. The number of methoxy groups -OCH3 is 1. The number of nitrogens with zero attached hydrogens (tertiary/aromatic N) is 3. The van der Waals surface area contributed by atoms with Crippen molar-refractivity contribution in [3.05, 3.63) is 18.0 Å². The molecule has 5 nitrogen and oxygen atoms in total. The van der Waals surface area contributed by atoms with Gasteiger partial charge in [0.2, 0.25) is 5.88 Å². The highest BCUT2D eigenvalue weighted by Gasteiger charge is 2.33. The Morgan fingerprint density at radius 3 is 2.80 bits per heavy atom. The number of halogens is 1. The summed E-state index contributed by atoms with van der Waals surface area (Å²) in [6, 6.07) is 4.11. The zero-order valence-electron chi connectivity index (χ0n) is 11.7. The van der Waals surface area contributed by atoms with Gasteiger partial charge in [-0.15, -0.1) is 11.6 Å². The van der Waals surface area contributed by atoms with Crippen molar-refractivity contribution in [2.24, 2.45) is 0 Å². The molecule has 0 atom stereocenters. The highest BCUT2D eigenvalue weighted by atomic mass is 35.5. The second-order valence-electron chi connectivity index (χ2n) is 4.93. The van der Waals surface area contributed by atoms with Crippen LogP contribution in [0.3, 0.4) is 0 Å². The Bertz CT molecular complexity index is 608. The lowest BCUT2D eigenvalue weighted by atomic mass is 9.89. The monoisotopic (exact) mass is 295 g/mol. The third kappa shape index (κ3) is 2.25. The maximum Gasteiger partial charge on any atom is 0.215 e. The van der Waals surface area contributed by atoms with Crippen LogP contribution in [0.1, 0.15) is 31.6 Å². The van der Waals surface area contributed by atoms with Gasteiger partial charge in [-0.05, 0) is 25.8 Å². The summed E-state index contributed by atoms with van der Waals surface area (Å²) in [5.41, 5.74) is 1.71. The van der Waals surface area contributed by atoms with Gasteiger partial charge >= 0.3 is 0 Å². The molecule has 0 amide bonds. The predicted molar refractivity (Wildman–Crippen MR) is 77.3 cm³/mol. The van der Waals surface area contributed by atoms with Crippen molar-refractivity contribution in [2.75, 3.05) is 13.7 Å². The van der Waals surface area contributed by atoms with Crippen molar-refractivity contribution in [1.82, 2.24) is 14.5 Å². The number of aromatic nitrogens is 3. The normalized spacial score (nSPS) is 21.9. The Kier molecular flexibility index (Phi) is 3.81. The lowest BCUT2D eigenvalue weighted by Crippen LogP contribution is -2.34. The minimum absolute atomic E-state index is 0.344. The van der Waals surface area contributed by atoms with E-state index in [9.17, 15) is 0 Å². The van der Waals surface area contributed by atoms with Gasteiger partial charge in [-0.2, -0.15) is 4.98 Å². The number of fused-ring (bicyclic) bond motifs is 1. The van der Waals surface area contributed by atoms with Crippen molar-refractivity contribution >= 4 is 22.8 Å². The molecule has 0 unspecified atom stereocenters. The smallest absolute Gasteiger partial charge is 0.215 e. The molecule has 0 radical (unpaired) electrons. The Morgan fingerprint density at radius 1 is 1.35 bits per heavy atom. The van der Waals surface area contributed by atoms with Crippen molar-refractivity contribution in [3.63, 3.8) is 0 Å². The van der Waals surface area contributed by atoms with Gasteiger partial charge in [-0.3, -0.25) is 0 Å².